The lowest BCUT2D eigenvalue weighted by atomic mass is 9.91. The summed E-state index contributed by atoms with van der Waals surface area (Å²) >= 11 is 0. The molecule has 0 aromatic carbocycles. The van der Waals surface area contributed by atoms with E-state index in [2.05, 4.69) is 22.0 Å². The first-order valence-electron chi connectivity index (χ1n) is 9.58. The molecule has 0 aromatic heterocycles. The van der Waals surface area contributed by atoms with Gasteiger partial charge in [0.2, 0.25) is 5.91 Å². The molecule has 0 radical (unpaired) electrons. The Bertz CT molecular complexity index is 376. The summed E-state index contributed by atoms with van der Waals surface area (Å²) in [7, 11) is 0. The zero-order valence-corrected chi connectivity index (χ0v) is 14.6. The van der Waals surface area contributed by atoms with Gasteiger partial charge in [0.05, 0.1) is 12.7 Å². The van der Waals surface area contributed by atoms with E-state index >= 15 is 0 Å². The van der Waals surface area contributed by atoms with Gasteiger partial charge in [0.25, 0.3) is 0 Å². The smallest absolute Gasteiger partial charge is 0.225 e. The van der Waals surface area contributed by atoms with Crippen molar-refractivity contribution >= 4 is 5.91 Å². The number of ether oxygens (including phenoxy) is 1. The van der Waals surface area contributed by atoms with Crippen molar-refractivity contribution < 1.29 is 9.53 Å². The van der Waals surface area contributed by atoms with Gasteiger partial charge in [0, 0.05) is 31.6 Å². The number of amides is 1. The normalized spacial score (nSPS) is 30.7. The van der Waals surface area contributed by atoms with Crippen molar-refractivity contribution in [3.63, 3.8) is 0 Å². The zero-order chi connectivity index (χ0) is 16.1. The van der Waals surface area contributed by atoms with E-state index in [0.29, 0.717) is 18.1 Å². The third-order valence-corrected chi connectivity index (χ3v) is 5.69. The molecule has 0 aromatic rings. The van der Waals surface area contributed by atoms with E-state index in [4.69, 9.17) is 4.74 Å². The summed E-state index contributed by atoms with van der Waals surface area (Å²) in [6.07, 6.45) is 7.04. The average molecular weight is 323 g/mol. The molecule has 0 bridgehead atoms. The molecule has 5 heteroatoms. The van der Waals surface area contributed by atoms with Crippen LogP contribution in [-0.2, 0) is 9.53 Å². The molecule has 3 rings (SSSR count). The van der Waals surface area contributed by atoms with Crippen molar-refractivity contribution in [1.82, 2.24) is 15.1 Å². The lowest BCUT2D eigenvalue weighted by molar-refractivity contribution is -0.139. The van der Waals surface area contributed by atoms with Crippen LogP contribution < -0.4 is 5.32 Å². The van der Waals surface area contributed by atoms with Gasteiger partial charge in [-0.05, 0) is 65.1 Å². The van der Waals surface area contributed by atoms with E-state index in [1.807, 2.05) is 0 Å². The Labute approximate surface area is 140 Å². The Hall–Kier alpha value is -0.650. The van der Waals surface area contributed by atoms with Crippen molar-refractivity contribution in [1.29, 1.82) is 0 Å². The minimum Gasteiger partial charge on any atom is -0.377 e. The summed E-state index contributed by atoms with van der Waals surface area (Å²) in [6.45, 7) is 9.33. The monoisotopic (exact) mass is 323 g/mol. The van der Waals surface area contributed by atoms with Crippen molar-refractivity contribution in [2.75, 3.05) is 45.9 Å². The fourth-order valence-corrected chi connectivity index (χ4v) is 4.21. The van der Waals surface area contributed by atoms with Crippen LogP contribution in [0.2, 0.25) is 0 Å². The molecule has 5 nitrogen and oxygen atoms in total. The van der Waals surface area contributed by atoms with E-state index in [9.17, 15) is 4.79 Å². The lowest BCUT2D eigenvalue weighted by Crippen LogP contribution is -2.47. The molecule has 132 valence electrons. The molecule has 2 atom stereocenters. The molecule has 3 fully saturated rings. The van der Waals surface area contributed by atoms with Gasteiger partial charge in [-0.15, -0.1) is 0 Å². The zero-order valence-electron chi connectivity index (χ0n) is 14.6. The molecule has 3 aliphatic rings. The summed E-state index contributed by atoms with van der Waals surface area (Å²) in [6, 6.07) is 0.476. The highest BCUT2D eigenvalue weighted by molar-refractivity contribution is 5.79. The standard InChI is InChI=1S/C18H33N3O2/c1-15-14-16(4-7-19-15)18(22)21-10-5-17(6-11-21)23-13-12-20-8-2-3-9-20/h15-17,19H,2-14H2,1H3/t15-,16-/m0/s1. The van der Waals surface area contributed by atoms with Gasteiger partial charge in [-0.2, -0.15) is 0 Å². The SMILES string of the molecule is C[C@H]1C[C@@H](C(=O)N2CCC(OCCN3CCCC3)CC2)CCN1. The molecule has 1 N–H and O–H groups in total. The van der Waals surface area contributed by atoms with Crippen LogP contribution >= 0.6 is 0 Å². The molecule has 0 aliphatic carbocycles. The van der Waals surface area contributed by atoms with Crippen LogP contribution in [0.15, 0.2) is 0 Å². The van der Waals surface area contributed by atoms with E-state index in [0.717, 1.165) is 58.5 Å². The highest BCUT2D eigenvalue weighted by atomic mass is 16.5. The number of carbonyl (C=O) groups excluding carboxylic acids is 1. The van der Waals surface area contributed by atoms with Crippen molar-refractivity contribution in [3.8, 4) is 0 Å². The summed E-state index contributed by atoms with van der Waals surface area (Å²) in [4.78, 5) is 17.2. The minimum atomic E-state index is 0.235. The van der Waals surface area contributed by atoms with E-state index in [1.54, 1.807) is 0 Å². The summed E-state index contributed by atoms with van der Waals surface area (Å²) in [5.74, 6) is 0.618. The van der Waals surface area contributed by atoms with Gasteiger partial charge >= 0.3 is 0 Å². The summed E-state index contributed by atoms with van der Waals surface area (Å²) in [5.41, 5.74) is 0. The topological polar surface area (TPSA) is 44.8 Å². The molecule has 0 spiro atoms. The number of rotatable bonds is 5. The van der Waals surface area contributed by atoms with Crippen LogP contribution in [0.3, 0.4) is 0 Å². The predicted octanol–water partition coefficient (Wildman–Crippen LogP) is 1.48. The van der Waals surface area contributed by atoms with Gasteiger partial charge in [-0.1, -0.05) is 0 Å². The number of nitrogens with zero attached hydrogens (tertiary/aromatic N) is 2. The van der Waals surface area contributed by atoms with Crippen molar-refractivity contribution in [2.24, 2.45) is 5.92 Å². The number of piperidine rings is 2. The van der Waals surface area contributed by atoms with Gasteiger partial charge in [0.1, 0.15) is 0 Å². The Kier molecular flexibility index (Phi) is 6.31. The quantitative estimate of drug-likeness (QED) is 0.832. The molecule has 0 unspecified atom stereocenters. The maximum atomic E-state index is 12.6. The van der Waals surface area contributed by atoms with Crippen molar-refractivity contribution in [3.05, 3.63) is 0 Å². The van der Waals surface area contributed by atoms with Gasteiger partial charge in [-0.25, -0.2) is 0 Å². The maximum absolute atomic E-state index is 12.6. The first kappa shape index (κ1) is 17.2. The third-order valence-electron chi connectivity index (χ3n) is 5.69. The largest absolute Gasteiger partial charge is 0.377 e. The van der Waals surface area contributed by atoms with E-state index in [1.165, 1.54) is 25.9 Å². The van der Waals surface area contributed by atoms with Gasteiger partial charge in [0.15, 0.2) is 0 Å². The van der Waals surface area contributed by atoms with Crippen LogP contribution in [0.25, 0.3) is 0 Å². The second-order valence-corrected chi connectivity index (χ2v) is 7.52. The molecular formula is C18H33N3O2. The predicted molar refractivity (Wildman–Crippen MR) is 91.4 cm³/mol. The Morgan fingerprint density at radius 1 is 1.13 bits per heavy atom. The second-order valence-electron chi connectivity index (χ2n) is 7.52. The van der Waals surface area contributed by atoms with Crippen LogP contribution in [0.1, 0.15) is 45.4 Å². The number of hydrogen-bond acceptors (Lipinski definition) is 4. The Balaban J connectivity index is 1.33. The maximum Gasteiger partial charge on any atom is 0.225 e. The van der Waals surface area contributed by atoms with Crippen LogP contribution in [-0.4, -0.2) is 73.7 Å². The first-order chi connectivity index (χ1) is 11.2. The van der Waals surface area contributed by atoms with Crippen molar-refractivity contribution in [2.45, 2.75) is 57.6 Å². The highest BCUT2D eigenvalue weighted by Crippen LogP contribution is 2.22. The molecule has 0 saturated carbocycles. The van der Waals surface area contributed by atoms with E-state index in [-0.39, 0.29) is 5.92 Å². The first-order valence-corrected chi connectivity index (χ1v) is 9.58. The lowest BCUT2D eigenvalue weighted by Gasteiger charge is -2.36. The number of likely N-dealkylation sites (tertiary alicyclic amines) is 2. The molecule has 3 saturated heterocycles. The van der Waals surface area contributed by atoms with Crippen LogP contribution in [0, 0.1) is 5.92 Å². The van der Waals surface area contributed by atoms with Gasteiger partial charge < -0.3 is 19.9 Å². The Morgan fingerprint density at radius 3 is 2.57 bits per heavy atom. The summed E-state index contributed by atoms with van der Waals surface area (Å²) < 4.78 is 6.05. The number of hydrogen-bond donors (Lipinski definition) is 1. The molecule has 1 amide bonds. The van der Waals surface area contributed by atoms with Crippen LogP contribution in [0.4, 0.5) is 0 Å². The molecular weight excluding hydrogens is 290 g/mol. The minimum absolute atomic E-state index is 0.235. The van der Waals surface area contributed by atoms with E-state index < -0.39 is 0 Å². The fourth-order valence-electron chi connectivity index (χ4n) is 4.21. The Morgan fingerprint density at radius 2 is 1.87 bits per heavy atom. The third kappa shape index (κ3) is 4.91. The highest BCUT2D eigenvalue weighted by Gasteiger charge is 2.31. The fraction of sp³-hybridized carbons (Fsp3) is 0.944. The molecule has 23 heavy (non-hydrogen) atoms. The molecule has 3 aliphatic heterocycles. The second kappa shape index (κ2) is 8.45. The summed E-state index contributed by atoms with van der Waals surface area (Å²) in [5, 5.41) is 3.43. The molecule has 3 heterocycles. The van der Waals surface area contributed by atoms with Gasteiger partial charge in [-0.3, -0.25) is 4.79 Å². The average Bonchev–Trinajstić information content (AvgIpc) is 3.08. The number of carbonyl (C=O) groups is 1. The van der Waals surface area contributed by atoms with Crippen LogP contribution in [0.5, 0.6) is 0 Å². The number of nitrogens with one attached hydrogen (secondary N) is 1.